The second-order valence-electron chi connectivity index (χ2n) is 9.26. The smallest absolute Gasteiger partial charge is 0.264 e. The number of methoxy groups -OCH3 is 1. The summed E-state index contributed by atoms with van der Waals surface area (Å²) in [5.41, 5.74) is 0.719. The largest absolute Gasteiger partial charge is 0.497 e. The van der Waals surface area contributed by atoms with Crippen LogP contribution >= 0.6 is 34.8 Å². The lowest BCUT2D eigenvalue weighted by Gasteiger charge is -2.32. The molecule has 40 heavy (non-hydrogen) atoms. The van der Waals surface area contributed by atoms with Gasteiger partial charge in [0.05, 0.1) is 17.7 Å². The number of amides is 2. The highest BCUT2D eigenvalue weighted by Crippen LogP contribution is 2.28. The lowest BCUT2D eigenvalue weighted by Crippen LogP contribution is -2.52. The van der Waals surface area contributed by atoms with Gasteiger partial charge in [0.2, 0.25) is 11.8 Å². The first kappa shape index (κ1) is 31.5. The van der Waals surface area contributed by atoms with Gasteiger partial charge in [-0.15, -0.1) is 0 Å². The zero-order valence-electron chi connectivity index (χ0n) is 22.4. The fraction of sp³-hybridized carbons (Fsp3) is 0.286. The molecule has 0 aromatic heterocycles. The molecule has 2 amide bonds. The van der Waals surface area contributed by atoms with E-state index in [4.69, 9.17) is 39.5 Å². The van der Waals surface area contributed by atoms with Gasteiger partial charge < -0.3 is 15.0 Å². The maximum absolute atomic E-state index is 13.9. The molecule has 0 aliphatic heterocycles. The maximum Gasteiger partial charge on any atom is 0.264 e. The van der Waals surface area contributed by atoms with E-state index in [9.17, 15) is 18.0 Å². The van der Waals surface area contributed by atoms with E-state index in [0.29, 0.717) is 21.4 Å². The van der Waals surface area contributed by atoms with Crippen LogP contribution in [-0.2, 0) is 26.2 Å². The van der Waals surface area contributed by atoms with Crippen molar-refractivity contribution in [2.24, 2.45) is 0 Å². The highest BCUT2D eigenvalue weighted by Gasteiger charge is 2.33. The van der Waals surface area contributed by atoms with E-state index in [1.54, 1.807) is 45.0 Å². The summed E-state index contributed by atoms with van der Waals surface area (Å²) in [5, 5.41) is 3.80. The Bertz CT molecular complexity index is 1470. The van der Waals surface area contributed by atoms with Gasteiger partial charge in [-0.2, -0.15) is 0 Å². The monoisotopic (exact) mass is 625 g/mol. The molecule has 0 saturated heterocycles. The number of carbonyl (C=O) groups is 2. The third kappa shape index (κ3) is 7.81. The van der Waals surface area contributed by atoms with Crippen LogP contribution in [-0.4, -0.2) is 50.9 Å². The van der Waals surface area contributed by atoms with E-state index in [2.05, 4.69) is 5.32 Å². The summed E-state index contributed by atoms with van der Waals surface area (Å²) >= 11 is 18.6. The Morgan fingerprint density at radius 1 is 0.925 bits per heavy atom. The number of anilines is 1. The second kappa shape index (κ2) is 13.6. The van der Waals surface area contributed by atoms with Crippen LogP contribution in [0.1, 0.15) is 26.3 Å². The number of hydrogen-bond donors (Lipinski definition) is 1. The summed E-state index contributed by atoms with van der Waals surface area (Å²) in [4.78, 5) is 28.1. The third-order valence-electron chi connectivity index (χ3n) is 5.98. The Hall–Kier alpha value is -2.98. The number of nitrogens with zero attached hydrogens (tertiary/aromatic N) is 2. The quantitative estimate of drug-likeness (QED) is 0.291. The average Bonchev–Trinajstić information content (AvgIpc) is 2.90. The van der Waals surface area contributed by atoms with Gasteiger partial charge in [-0.05, 0) is 80.9 Å². The third-order valence-corrected chi connectivity index (χ3v) is 8.59. The van der Waals surface area contributed by atoms with E-state index in [0.717, 1.165) is 4.31 Å². The van der Waals surface area contributed by atoms with Gasteiger partial charge in [0.25, 0.3) is 10.0 Å². The molecule has 0 aliphatic rings. The number of halogens is 3. The molecule has 3 aromatic carbocycles. The Morgan fingerprint density at radius 3 is 2.15 bits per heavy atom. The van der Waals surface area contributed by atoms with E-state index < -0.39 is 34.4 Å². The van der Waals surface area contributed by atoms with E-state index in [1.165, 1.54) is 54.5 Å². The molecule has 0 bridgehead atoms. The molecule has 1 atom stereocenters. The molecule has 3 aromatic rings. The molecule has 12 heteroatoms. The maximum atomic E-state index is 13.9. The summed E-state index contributed by atoms with van der Waals surface area (Å²) in [5.74, 6) is -0.560. The van der Waals surface area contributed by atoms with Crippen LogP contribution in [0.3, 0.4) is 0 Å². The van der Waals surface area contributed by atoms with Gasteiger partial charge in [-0.3, -0.25) is 13.9 Å². The lowest BCUT2D eigenvalue weighted by molar-refractivity contribution is -0.139. The van der Waals surface area contributed by atoms with Crippen molar-refractivity contribution in [1.82, 2.24) is 10.2 Å². The molecule has 0 unspecified atom stereocenters. The minimum Gasteiger partial charge on any atom is -0.497 e. The summed E-state index contributed by atoms with van der Waals surface area (Å²) < 4.78 is 33.8. The van der Waals surface area contributed by atoms with Gasteiger partial charge in [0.1, 0.15) is 18.3 Å². The highest BCUT2D eigenvalue weighted by atomic mass is 35.5. The molecule has 0 spiro atoms. The van der Waals surface area contributed by atoms with E-state index in [-0.39, 0.29) is 28.2 Å². The second-order valence-corrected chi connectivity index (χ2v) is 12.4. The molecule has 214 valence electrons. The minimum absolute atomic E-state index is 0.0565. The van der Waals surface area contributed by atoms with Crippen molar-refractivity contribution in [2.45, 2.75) is 44.3 Å². The van der Waals surface area contributed by atoms with Gasteiger partial charge in [0.15, 0.2) is 0 Å². The van der Waals surface area contributed by atoms with Crippen molar-refractivity contribution >= 4 is 62.3 Å². The number of nitrogens with one attached hydrogen (secondary N) is 1. The first-order valence-corrected chi connectivity index (χ1v) is 14.9. The number of ether oxygens (including phenoxy) is 1. The van der Waals surface area contributed by atoms with Crippen LogP contribution in [0, 0.1) is 0 Å². The lowest BCUT2D eigenvalue weighted by atomic mass is 10.1. The number of rotatable bonds is 11. The topological polar surface area (TPSA) is 96.0 Å². The summed E-state index contributed by atoms with van der Waals surface area (Å²) in [6, 6.07) is 15.7. The molecule has 1 N–H and O–H groups in total. The van der Waals surface area contributed by atoms with Crippen molar-refractivity contribution in [3.8, 4) is 5.75 Å². The predicted molar refractivity (Wildman–Crippen MR) is 159 cm³/mol. The van der Waals surface area contributed by atoms with Crippen LogP contribution in [0.4, 0.5) is 5.69 Å². The molecule has 0 radical (unpaired) electrons. The fourth-order valence-corrected chi connectivity index (χ4v) is 5.91. The van der Waals surface area contributed by atoms with Gasteiger partial charge in [0, 0.05) is 27.7 Å². The minimum atomic E-state index is -4.25. The SMILES string of the molecule is COc1ccc(S(=O)(=O)N(CC(=O)N(Cc2ccc(Cl)cc2Cl)[C@@H](C)C(=O)NC(C)C)c2cccc(Cl)c2)cc1. The normalized spacial score (nSPS) is 12.1. The predicted octanol–water partition coefficient (Wildman–Crippen LogP) is 5.79. The van der Waals surface area contributed by atoms with E-state index >= 15 is 0 Å². The Morgan fingerprint density at radius 2 is 1.57 bits per heavy atom. The van der Waals surface area contributed by atoms with Gasteiger partial charge >= 0.3 is 0 Å². The zero-order chi connectivity index (χ0) is 29.6. The highest BCUT2D eigenvalue weighted by molar-refractivity contribution is 7.92. The molecule has 0 heterocycles. The number of hydrogen-bond acceptors (Lipinski definition) is 5. The first-order chi connectivity index (χ1) is 18.8. The Labute approximate surface area is 249 Å². The number of carbonyl (C=O) groups excluding carboxylic acids is 2. The summed E-state index contributed by atoms with van der Waals surface area (Å²) in [7, 11) is -2.78. The summed E-state index contributed by atoms with van der Waals surface area (Å²) in [6.07, 6.45) is 0. The van der Waals surface area contributed by atoms with Crippen molar-refractivity contribution in [2.75, 3.05) is 18.0 Å². The molecule has 0 fully saturated rings. The number of benzene rings is 3. The molecule has 0 saturated carbocycles. The molecule has 8 nitrogen and oxygen atoms in total. The van der Waals surface area contributed by atoms with Gasteiger partial charge in [-0.25, -0.2) is 8.42 Å². The number of sulfonamides is 1. The van der Waals surface area contributed by atoms with Crippen molar-refractivity contribution in [3.63, 3.8) is 0 Å². The first-order valence-electron chi connectivity index (χ1n) is 12.3. The molecular formula is C28H30Cl3N3O5S. The van der Waals surface area contributed by atoms with Crippen LogP contribution in [0.15, 0.2) is 71.6 Å². The van der Waals surface area contributed by atoms with Crippen LogP contribution in [0.25, 0.3) is 0 Å². The van der Waals surface area contributed by atoms with Crippen LogP contribution in [0.2, 0.25) is 15.1 Å². The van der Waals surface area contributed by atoms with Crippen molar-refractivity contribution in [1.29, 1.82) is 0 Å². The molecule has 0 aliphatic carbocycles. The average molecular weight is 627 g/mol. The summed E-state index contributed by atoms with van der Waals surface area (Å²) in [6.45, 7) is 4.50. The van der Waals surface area contributed by atoms with Crippen molar-refractivity contribution < 1.29 is 22.7 Å². The Kier molecular flexibility index (Phi) is 10.7. The molecular weight excluding hydrogens is 597 g/mol. The Balaban J connectivity index is 2.05. The fourth-order valence-electron chi connectivity index (χ4n) is 3.86. The zero-order valence-corrected chi connectivity index (χ0v) is 25.5. The van der Waals surface area contributed by atoms with Crippen molar-refractivity contribution in [3.05, 3.63) is 87.4 Å². The van der Waals surface area contributed by atoms with Gasteiger partial charge in [-0.1, -0.05) is 46.9 Å². The van der Waals surface area contributed by atoms with Crippen LogP contribution in [0.5, 0.6) is 5.75 Å². The van der Waals surface area contributed by atoms with E-state index in [1.807, 2.05) is 0 Å². The van der Waals surface area contributed by atoms with Crippen LogP contribution < -0.4 is 14.4 Å². The standard InChI is InChI=1S/C28H30Cl3N3O5S/c1-18(2)32-28(36)19(3)33(16-20-8-9-22(30)15-26(20)31)27(35)17-34(23-7-5-6-21(29)14-23)40(37,38)25-12-10-24(39-4)11-13-25/h5-15,18-19H,16-17H2,1-4H3,(H,32,36)/t19-/m0/s1. The molecule has 3 rings (SSSR count).